The van der Waals surface area contributed by atoms with Crippen molar-refractivity contribution in [3.05, 3.63) is 23.9 Å². The van der Waals surface area contributed by atoms with E-state index in [1.807, 2.05) is 0 Å². The van der Waals surface area contributed by atoms with Crippen LogP contribution >= 0.6 is 0 Å². The van der Waals surface area contributed by atoms with Crippen molar-refractivity contribution in [1.29, 1.82) is 0 Å². The standard InChI is InChI=1S/C19H27F3N4O3/c1-3-28-17(27)13-6-8-14(9-7-13)26-18(23-2)25-11-12-29-16-15(19(20,21)22)5-4-10-24-16/h4-5,10,13-14H,3,6-9,11-12H2,1-2H3,(H2,23,25,26). The third kappa shape index (κ3) is 7.10. The van der Waals surface area contributed by atoms with Crippen LogP contribution in [-0.4, -0.2) is 49.8 Å². The summed E-state index contributed by atoms with van der Waals surface area (Å²) in [7, 11) is 1.61. The van der Waals surface area contributed by atoms with Gasteiger partial charge in [-0.1, -0.05) is 0 Å². The zero-order chi connectivity index (χ0) is 21.3. The minimum absolute atomic E-state index is 0.00358. The largest absolute Gasteiger partial charge is 0.475 e. The second-order valence-electron chi connectivity index (χ2n) is 6.65. The normalized spacial score (nSPS) is 20.1. The van der Waals surface area contributed by atoms with Crippen molar-refractivity contribution in [1.82, 2.24) is 15.6 Å². The molecule has 0 bridgehead atoms. The van der Waals surface area contributed by atoms with E-state index in [9.17, 15) is 18.0 Å². The summed E-state index contributed by atoms with van der Waals surface area (Å²) >= 11 is 0. The Morgan fingerprint density at radius 3 is 2.66 bits per heavy atom. The van der Waals surface area contributed by atoms with Crippen molar-refractivity contribution in [3.8, 4) is 5.88 Å². The smallest absolute Gasteiger partial charge is 0.421 e. The highest BCUT2D eigenvalue weighted by Gasteiger charge is 2.35. The number of hydrogen-bond acceptors (Lipinski definition) is 5. The maximum absolute atomic E-state index is 12.9. The summed E-state index contributed by atoms with van der Waals surface area (Å²) in [5.74, 6) is -0.108. The number of carbonyl (C=O) groups is 1. The van der Waals surface area contributed by atoms with E-state index in [0.717, 1.165) is 31.7 Å². The first-order chi connectivity index (χ1) is 13.8. The van der Waals surface area contributed by atoms with E-state index in [-0.39, 0.29) is 31.1 Å². The van der Waals surface area contributed by atoms with Gasteiger partial charge in [0.15, 0.2) is 5.96 Å². The number of esters is 1. The lowest BCUT2D eigenvalue weighted by Gasteiger charge is -2.29. The monoisotopic (exact) mass is 416 g/mol. The van der Waals surface area contributed by atoms with Crippen molar-refractivity contribution in [2.75, 3.05) is 26.8 Å². The highest BCUT2D eigenvalue weighted by Crippen LogP contribution is 2.34. The molecule has 0 saturated heterocycles. The number of alkyl halides is 3. The van der Waals surface area contributed by atoms with Crippen LogP contribution in [0.15, 0.2) is 23.3 Å². The Bertz CT molecular complexity index is 690. The minimum Gasteiger partial charge on any atom is -0.475 e. The van der Waals surface area contributed by atoms with Gasteiger partial charge in [-0.3, -0.25) is 9.79 Å². The van der Waals surface area contributed by atoms with Crippen LogP contribution in [0.3, 0.4) is 0 Å². The molecular weight excluding hydrogens is 389 g/mol. The Morgan fingerprint density at radius 1 is 1.31 bits per heavy atom. The van der Waals surface area contributed by atoms with Crippen molar-refractivity contribution < 1.29 is 27.4 Å². The molecule has 1 aliphatic rings. The highest BCUT2D eigenvalue weighted by atomic mass is 19.4. The van der Waals surface area contributed by atoms with Gasteiger partial charge in [0.25, 0.3) is 0 Å². The number of carbonyl (C=O) groups excluding carboxylic acids is 1. The number of rotatable bonds is 7. The topological polar surface area (TPSA) is 84.8 Å². The van der Waals surface area contributed by atoms with Crippen LogP contribution in [0, 0.1) is 5.92 Å². The fourth-order valence-corrected chi connectivity index (χ4v) is 3.16. The number of ether oxygens (including phenoxy) is 2. The fourth-order valence-electron chi connectivity index (χ4n) is 3.16. The molecule has 1 saturated carbocycles. The molecule has 0 aromatic carbocycles. The lowest BCUT2D eigenvalue weighted by Crippen LogP contribution is -2.46. The van der Waals surface area contributed by atoms with Crippen LogP contribution in [0.4, 0.5) is 13.2 Å². The molecule has 1 heterocycles. The van der Waals surface area contributed by atoms with Crippen molar-refractivity contribution in [3.63, 3.8) is 0 Å². The maximum atomic E-state index is 12.9. The molecule has 162 valence electrons. The Labute approximate surface area is 168 Å². The molecule has 1 aliphatic carbocycles. The average molecular weight is 416 g/mol. The minimum atomic E-state index is -4.52. The third-order valence-corrected chi connectivity index (χ3v) is 4.62. The van der Waals surface area contributed by atoms with Crippen LogP contribution in [0.2, 0.25) is 0 Å². The first kappa shape index (κ1) is 22.8. The van der Waals surface area contributed by atoms with Gasteiger partial charge >= 0.3 is 12.1 Å². The summed E-state index contributed by atoms with van der Waals surface area (Å²) in [5.41, 5.74) is -0.902. The molecule has 2 rings (SSSR count). The number of aliphatic imine (C=N–C) groups is 1. The molecular formula is C19H27F3N4O3. The van der Waals surface area contributed by atoms with E-state index in [0.29, 0.717) is 12.6 Å². The Morgan fingerprint density at radius 2 is 2.03 bits per heavy atom. The van der Waals surface area contributed by atoms with E-state index >= 15 is 0 Å². The number of pyridine rings is 1. The molecule has 2 N–H and O–H groups in total. The second-order valence-corrected chi connectivity index (χ2v) is 6.65. The summed E-state index contributed by atoms with van der Waals surface area (Å²) in [6.07, 6.45) is -0.151. The molecule has 7 nitrogen and oxygen atoms in total. The Balaban J connectivity index is 1.74. The first-order valence-electron chi connectivity index (χ1n) is 9.64. The van der Waals surface area contributed by atoms with Gasteiger partial charge in [-0.2, -0.15) is 13.2 Å². The van der Waals surface area contributed by atoms with Crippen molar-refractivity contribution in [2.45, 2.75) is 44.8 Å². The van der Waals surface area contributed by atoms with E-state index in [4.69, 9.17) is 9.47 Å². The number of halogens is 3. The van der Waals surface area contributed by atoms with E-state index in [2.05, 4.69) is 20.6 Å². The fraction of sp³-hybridized carbons (Fsp3) is 0.632. The molecule has 0 aliphatic heterocycles. The number of aromatic nitrogens is 1. The van der Waals surface area contributed by atoms with Gasteiger partial charge in [-0.25, -0.2) is 4.98 Å². The molecule has 1 aromatic rings. The second kappa shape index (κ2) is 10.9. The Kier molecular flexibility index (Phi) is 8.53. The van der Waals surface area contributed by atoms with Crippen LogP contribution in [0.25, 0.3) is 0 Å². The average Bonchev–Trinajstić information content (AvgIpc) is 2.70. The van der Waals surface area contributed by atoms with Crippen molar-refractivity contribution >= 4 is 11.9 Å². The van der Waals surface area contributed by atoms with Crippen LogP contribution < -0.4 is 15.4 Å². The van der Waals surface area contributed by atoms with Crippen molar-refractivity contribution in [2.24, 2.45) is 10.9 Å². The first-order valence-corrected chi connectivity index (χ1v) is 9.64. The molecule has 10 heteroatoms. The van der Waals surface area contributed by atoms with Gasteiger partial charge in [-0.15, -0.1) is 0 Å². The third-order valence-electron chi connectivity index (χ3n) is 4.62. The molecule has 0 spiro atoms. The highest BCUT2D eigenvalue weighted by molar-refractivity contribution is 5.80. The molecule has 1 aromatic heterocycles. The van der Waals surface area contributed by atoms with E-state index in [1.54, 1.807) is 14.0 Å². The van der Waals surface area contributed by atoms with E-state index in [1.165, 1.54) is 12.3 Å². The van der Waals surface area contributed by atoms with Crippen LogP contribution in [0.5, 0.6) is 5.88 Å². The van der Waals surface area contributed by atoms with Gasteiger partial charge in [-0.05, 0) is 44.7 Å². The summed E-state index contributed by atoms with van der Waals surface area (Å²) in [6, 6.07) is 2.32. The SMILES string of the molecule is CCOC(=O)C1CCC(NC(=NC)NCCOc2ncccc2C(F)(F)F)CC1. The predicted molar refractivity (Wildman–Crippen MR) is 102 cm³/mol. The lowest BCUT2D eigenvalue weighted by molar-refractivity contribution is -0.149. The number of nitrogens with one attached hydrogen (secondary N) is 2. The van der Waals surface area contributed by atoms with Crippen LogP contribution in [-0.2, 0) is 15.7 Å². The van der Waals surface area contributed by atoms with Crippen LogP contribution in [0.1, 0.15) is 38.2 Å². The number of nitrogens with zero attached hydrogens (tertiary/aromatic N) is 2. The van der Waals surface area contributed by atoms with E-state index < -0.39 is 17.6 Å². The lowest BCUT2D eigenvalue weighted by atomic mass is 9.86. The zero-order valence-electron chi connectivity index (χ0n) is 16.6. The number of hydrogen-bond donors (Lipinski definition) is 2. The van der Waals surface area contributed by atoms with Gasteiger partial charge in [0.2, 0.25) is 5.88 Å². The summed E-state index contributed by atoms with van der Waals surface area (Å²) in [5, 5.41) is 6.28. The molecule has 0 radical (unpaired) electrons. The molecule has 0 amide bonds. The number of guanidine groups is 1. The summed E-state index contributed by atoms with van der Waals surface area (Å²) in [6.45, 7) is 2.43. The molecule has 0 unspecified atom stereocenters. The van der Waals surface area contributed by atoms with Gasteiger partial charge in [0.1, 0.15) is 12.2 Å². The van der Waals surface area contributed by atoms with Gasteiger partial charge in [0.05, 0.1) is 19.1 Å². The van der Waals surface area contributed by atoms with Gasteiger partial charge in [0, 0.05) is 19.3 Å². The molecule has 1 fully saturated rings. The van der Waals surface area contributed by atoms with Gasteiger partial charge < -0.3 is 20.1 Å². The predicted octanol–water partition coefficient (Wildman–Crippen LogP) is 2.77. The molecule has 0 atom stereocenters. The zero-order valence-corrected chi connectivity index (χ0v) is 16.6. The molecule has 29 heavy (non-hydrogen) atoms. The maximum Gasteiger partial charge on any atom is 0.421 e. The quantitative estimate of drug-likeness (QED) is 0.308. The summed E-state index contributed by atoms with van der Waals surface area (Å²) in [4.78, 5) is 19.6. The Hall–Kier alpha value is -2.52. The summed E-state index contributed by atoms with van der Waals surface area (Å²) < 4.78 is 49.0.